The Morgan fingerprint density at radius 3 is 2.35 bits per heavy atom. The third-order valence-electron chi connectivity index (χ3n) is 2.49. The number of carbonyl (C=O) groups excluding carboxylic acids is 3. The number of thioether (sulfide) groups is 1. The molecule has 3 N–H and O–H groups in total. The summed E-state index contributed by atoms with van der Waals surface area (Å²) >= 11 is 0.479. The maximum Gasteiger partial charge on any atom is 0.408 e. The van der Waals surface area contributed by atoms with E-state index >= 15 is 0 Å². The Bertz CT molecular complexity index is 508. The van der Waals surface area contributed by atoms with Crippen LogP contribution in [0.25, 0.3) is 0 Å². The number of ether oxygens (including phenoxy) is 2. The zero-order chi connectivity index (χ0) is 20.7. The average molecular weight is 353 g/mol. The van der Waals surface area contributed by atoms with Crippen LogP contribution in [0.3, 0.4) is 0 Å². The Kier molecular flexibility index (Phi) is 6.85. The predicted molar refractivity (Wildman–Crippen MR) is 87.2 cm³/mol. The van der Waals surface area contributed by atoms with Gasteiger partial charge in [0.1, 0.15) is 17.7 Å². The number of aliphatic hydroxyl groups excluding tert-OH is 1. The van der Waals surface area contributed by atoms with Gasteiger partial charge in [0.25, 0.3) is 0 Å². The first-order valence-electron chi connectivity index (χ1n) is 8.36. The zero-order valence-corrected chi connectivity index (χ0v) is 14.7. The second kappa shape index (κ2) is 9.61. The molecule has 0 unspecified atom stereocenters. The molecule has 0 bridgehead atoms. The van der Waals surface area contributed by atoms with Crippen LogP contribution in [-0.4, -0.2) is 65.9 Å². The first-order chi connectivity index (χ1) is 11.7. The minimum Gasteiger partial charge on any atom is -0.467 e. The number of alkyl carbamates (subject to hydrolysis) is 1. The van der Waals surface area contributed by atoms with E-state index < -0.39 is 47.9 Å². The average Bonchev–Trinajstić information content (AvgIpc) is 2.44. The Morgan fingerprint density at radius 2 is 1.91 bits per heavy atom. The molecule has 8 nitrogen and oxygen atoms in total. The van der Waals surface area contributed by atoms with E-state index in [1.807, 2.05) is 0 Å². The van der Waals surface area contributed by atoms with Gasteiger partial charge in [-0.2, -0.15) is 11.8 Å². The number of rotatable bonds is 7. The SMILES string of the molecule is [2H]C([2H])([2H])SC[C@H](NC(=O)[C@@H](NC(=O)OC(C)(C)C)[C@@H](C)O)C(=O)OC. The Balaban J connectivity index is 5.07. The number of hydrogen-bond acceptors (Lipinski definition) is 7. The molecule has 0 saturated heterocycles. The number of carbonyl (C=O) groups is 3. The molecule has 0 fully saturated rings. The monoisotopic (exact) mass is 353 g/mol. The van der Waals surface area contributed by atoms with Gasteiger partial charge in [-0.15, -0.1) is 0 Å². The third-order valence-corrected chi connectivity index (χ3v) is 2.99. The number of esters is 1. The summed E-state index contributed by atoms with van der Waals surface area (Å²) in [4.78, 5) is 35.9. The molecule has 9 heteroatoms. The normalized spacial score (nSPS) is 17.6. The molecule has 0 aliphatic carbocycles. The van der Waals surface area contributed by atoms with Crippen LogP contribution in [0.1, 0.15) is 31.8 Å². The van der Waals surface area contributed by atoms with E-state index in [-0.39, 0.29) is 5.75 Å². The molecular formula is C14H26N2O6S. The van der Waals surface area contributed by atoms with Crippen molar-refractivity contribution in [1.29, 1.82) is 0 Å². The molecule has 0 rings (SSSR count). The van der Waals surface area contributed by atoms with Gasteiger partial charge in [-0.1, -0.05) is 0 Å². The second-order valence-corrected chi connectivity index (χ2v) is 6.38. The lowest BCUT2D eigenvalue weighted by Crippen LogP contribution is -2.56. The summed E-state index contributed by atoms with van der Waals surface area (Å²) in [5, 5.41) is 14.2. The molecule has 0 aliphatic rings. The van der Waals surface area contributed by atoms with Crippen molar-refractivity contribution in [3.8, 4) is 0 Å². The molecule has 0 saturated carbocycles. The molecule has 134 valence electrons. The summed E-state index contributed by atoms with van der Waals surface area (Å²) in [7, 11) is 1.09. The van der Waals surface area contributed by atoms with Crippen molar-refractivity contribution in [3.63, 3.8) is 0 Å². The van der Waals surface area contributed by atoms with Crippen LogP contribution >= 0.6 is 11.8 Å². The quantitative estimate of drug-likeness (QED) is 0.563. The number of nitrogens with one attached hydrogen (secondary N) is 2. The number of aliphatic hydroxyl groups is 1. The summed E-state index contributed by atoms with van der Waals surface area (Å²) in [6.45, 7) is 6.15. The lowest BCUT2D eigenvalue weighted by molar-refractivity contribution is -0.144. The van der Waals surface area contributed by atoms with Crippen LogP contribution in [0.2, 0.25) is 0 Å². The molecule has 0 spiro atoms. The van der Waals surface area contributed by atoms with Gasteiger partial charge in [0.15, 0.2) is 0 Å². The second-order valence-electron chi connectivity index (χ2n) is 5.76. The maximum absolute atomic E-state index is 12.3. The van der Waals surface area contributed by atoms with E-state index in [9.17, 15) is 19.5 Å². The van der Waals surface area contributed by atoms with Crippen LogP contribution in [0.5, 0.6) is 0 Å². The Morgan fingerprint density at radius 1 is 1.30 bits per heavy atom. The molecule has 3 atom stereocenters. The van der Waals surface area contributed by atoms with Crippen molar-refractivity contribution in [3.05, 3.63) is 0 Å². The molecule has 0 aromatic carbocycles. The van der Waals surface area contributed by atoms with E-state index in [0.717, 1.165) is 7.11 Å². The predicted octanol–water partition coefficient (Wildman–Crippen LogP) is 0.281. The van der Waals surface area contributed by atoms with E-state index in [0.29, 0.717) is 11.8 Å². The van der Waals surface area contributed by atoms with Gasteiger partial charge in [-0.25, -0.2) is 9.59 Å². The topological polar surface area (TPSA) is 114 Å². The summed E-state index contributed by atoms with van der Waals surface area (Å²) in [6, 6.07) is -2.67. The minimum atomic E-state index is -2.37. The first-order valence-corrected chi connectivity index (χ1v) is 7.84. The van der Waals surface area contributed by atoms with E-state index in [4.69, 9.17) is 8.85 Å². The summed E-state index contributed by atoms with van der Waals surface area (Å²) in [5.41, 5.74) is -0.811. The summed E-state index contributed by atoms with van der Waals surface area (Å²) in [6.07, 6.45) is -4.59. The fraction of sp³-hybridized carbons (Fsp3) is 0.786. The highest BCUT2D eigenvalue weighted by Gasteiger charge is 2.31. The lowest BCUT2D eigenvalue weighted by Gasteiger charge is -2.26. The van der Waals surface area contributed by atoms with Gasteiger partial charge >= 0.3 is 12.1 Å². The first kappa shape index (κ1) is 16.4. The fourth-order valence-electron chi connectivity index (χ4n) is 1.50. The molecular weight excluding hydrogens is 324 g/mol. The molecule has 23 heavy (non-hydrogen) atoms. The van der Waals surface area contributed by atoms with E-state index in [2.05, 4.69) is 15.4 Å². The van der Waals surface area contributed by atoms with E-state index in [1.54, 1.807) is 20.8 Å². The summed E-state index contributed by atoms with van der Waals surface area (Å²) in [5.74, 6) is -2.00. The third kappa shape index (κ3) is 8.65. The molecule has 0 aliphatic heterocycles. The highest BCUT2D eigenvalue weighted by atomic mass is 32.2. The van der Waals surface area contributed by atoms with Gasteiger partial charge in [0.05, 0.1) is 13.2 Å². The zero-order valence-electron chi connectivity index (χ0n) is 16.8. The largest absolute Gasteiger partial charge is 0.467 e. The van der Waals surface area contributed by atoms with Gasteiger partial charge in [0, 0.05) is 9.87 Å². The summed E-state index contributed by atoms with van der Waals surface area (Å²) < 4.78 is 31.0. The molecule has 0 aromatic heterocycles. The van der Waals surface area contributed by atoms with Crippen molar-refractivity contribution in [2.75, 3.05) is 19.0 Å². The van der Waals surface area contributed by atoms with Crippen LogP contribution in [0, 0.1) is 0 Å². The smallest absolute Gasteiger partial charge is 0.408 e. The van der Waals surface area contributed by atoms with Gasteiger partial charge in [-0.05, 0) is 33.9 Å². The highest BCUT2D eigenvalue weighted by Crippen LogP contribution is 2.08. The van der Waals surface area contributed by atoms with Crippen molar-refractivity contribution in [2.24, 2.45) is 0 Å². The number of amides is 2. The van der Waals surface area contributed by atoms with Crippen molar-refractivity contribution >= 4 is 29.7 Å². The van der Waals surface area contributed by atoms with Crippen molar-refractivity contribution in [2.45, 2.75) is 51.5 Å². The van der Waals surface area contributed by atoms with Crippen LogP contribution in [-0.2, 0) is 19.1 Å². The standard InChI is InChI=1S/C14H26N2O6S/c1-8(17)10(16-13(20)22-14(2,3)4)11(18)15-9(7-23-6)12(19)21-5/h8-10,17H,7H2,1-6H3,(H,15,18)(H,16,20)/t8-,9+,10+/m1/s1/i6D3. The van der Waals surface area contributed by atoms with Gasteiger partial charge in [0.2, 0.25) is 5.91 Å². The highest BCUT2D eigenvalue weighted by molar-refractivity contribution is 7.98. The number of methoxy groups -OCH3 is 1. The van der Waals surface area contributed by atoms with Gasteiger partial charge < -0.3 is 25.2 Å². The minimum absolute atomic E-state index is 0.270. The lowest BCUT2D eigenvalue weighted by atomic mass is 10.1. The Hall–Kier alpha value is -1.48. The molecule has 2 amide bonds. The van der Waals surface area contributed by atoms with Crippen molar-refractivity contribution in [1.82, 2.24) is 10.6 Å². The fourth-order valence-corrected chi connectivity index (χ4v) is 1.88. The molecule has 0 aromatic rings. The van der Waals surface area contributed by atoms with Crippen molar-refractivity contribution < 1.29 is 33.1 Å². The maximum atomic E-state index is 12.3. The van der Waals surface area contributed by atoms with Gasteiger partial charge in [-0.3, -0.25) is 4.79 Å². The van der Waals surface area contributed by atoms with Crippen LogP contribution < -0.4 is 10.6 Å². The van der Waals surface area contributed by atoms with Crippen LogP contribution in [0.15, 0.2) is 0 Å². The van der Waals surface area contributed by atoms with E-state index in [1.165, 1.54) is 6.92 Å². The molecule has 0 heterocycles. The number of hydrogen-bond donors (Lipinski definition) is 3. The molecule has 0 radical (unpaired) electrons. The Labute approximate surface area is 144 Å². The van der Waals surface area contributed by atoms with Crippen LogP contribution in [0.4, 0.5) is 4.79 Å².